The fraction of sp³-hybridized carbons (Fsp3) is 0.929. The summed E-state index contributed by atoms with van der Waals surface area (Å²) in [5, 5.41) is 3.19. The molecule has 0 aliphatic carbocycles. The molecule has 0 atom stereocenters. The molecule has 1 aliphatic rings. The Morgan fingerprint density at radius 1 is 1.18 bits per heavy atom. The highest BCUT2D eigenvalue weighted by atomic mass is 16.5. The van der Waals surface area contributed by atoms with Crippen molar-refractivity contribution in [2.45, 2.75) is 59.4 Å². The van der Waals surface area contributed by atoms with E-state index in [-0.39, 0.29) is 22.8 Å². The Morgan fingerprint density at radius 3 is 2.18 bits per heavy atom. The van der Waals surface area contributed by atoms with Gasteiger partial charge in [0.1, 0.15) is 0 Å². The van der Waals surface area contributed by atoms with Crippen molar-refractivity contribution in [1.29, 1.82) is 0 Å². The normalized spacial score (nSPS) is 19.1. The van der Waals surface area contributed by atoms with E-state index in [0.29, 0.717) is 0 Å². The summed E-state index contributed by atoms with van der Waals surface area (Å²) in [6.45, 7) is 12.3. The Hall–Kier alpha value is -0.570. The van der Waals surface area contributed by atoms with E-state index in [4.69, 9.17) is 4.74 Å². The van der Waals surface area contributed by atoms with Crippen LogP contribution in [0.2, 0.25) is 0 Å². The highest BCUT2D eigenvalue weighted by Gasteiger charge is 2.30. The fourth-order valence-corrected chi connectivity index (χ4v) is 2.77. The number of carbonyl (C=O) groups is 1. The molecule has 1 rings (SSSR count). The molecule has 3 heteroatoms. The number of ether oxygens (including phenoxy) is 1. The lowest BCUT2D eigenvalue weighted by Gasteiger charge is -2.35. The third kappa shape index (κ3) is 5.53. The van der Waals surface area contributed by atoms with Crippen molar-refractivity contribution < 1.29 is 9.53 Å². The minimum Gasteiger partial charge on any atom is -0.381 e. The minimum absolute atomic E-state index is 0.131. The number of hydrogen-bond donors (Lipinski definition) is 1. The SMILES string of the molecule is CC(C)(C)CC(C)(C)NC(=O)C1CCOCC1. The lowest BCUT2D eigenvalue weighted by molar-refractivity contribution is -0.129. The number of rotatable bonds is 3. The maximum absolute atomic E-state index is 12.1. The lowest BCUT2D eigenvalue weighted by atomic mass is 9.81. The number of nitrogens with one attached hydrogen (secondary N) is 1. The van der Waals surface area contributed by atoms with Gasteiger partial charge in [0.2, 0.25) is 5.91 Å². The Balaban J connectivity index is 2.48. The first-order valence-electron chi connectivity index (χ1n) is 6.59. The molecule has 0 aromatic rings. The van der Waals surface area contributed by atoms with Gasteiger partial charge in [-0.3, -0.25) is 4.79 Å². The Morgan fingerprint density at radius 2 is 1.71 bits per heavy atom. The molecule has 0 spiro atoms. The maximum Gasteiger partial charge on any atom is 0.223 e. The van der Waals surface area contributed by atoms with Gasteiger partial charge in [-0.05, 0) is 38.5 Å². The summed E-state index contributed by atoms with van der Waals surface area (Å²) in [5.41, 5.74) is 0.0973. The van der Waals surface area contributed by atoms with Crippen LogP contribution in [-0.4, -0.2) is 24.7 Å². The van der Waals surface area contributed by atoms with Crippen LogP contribution in [0.4, 0.5) is 0 Å². The first kappa shape index (κ1) is 14.5. The van der Waals surface area contributed by atoms with E-state index in [1.165, 1.54) is 0 Å². The zero-order valence-corrected chi connectivity index (χ0v) is 11.9. The highest BCUT2D eigenvalue weighted by molar-refractivity contribution is 5.79. The second-order valence-corrected chi connectivity index (χ2v) is 7.00. The third-order valence-electron chi connectivity index (χ3n) is 3.03. The van der Waals surface area contributed by atoms with Crippen molar-refractivity contribution in [3.63, 3.8) is 0 Å². The predicted octanol–water partition coefficient (Wildman–Crippen LogP) is 2.74. The topological polar surface area (TPSA) is 38.3 Å². The van der Waals surface area contributed by atoms with Crippen LogP contribution in [-0.2, 0) is 9.53 Å². The summed E-state index contributed by atoms with van der Waals surface area (Å²) in [4.78, 5) is 12.1. The van der Waals surface area contributed by atoms with Crippen molar-refractivity contribution >= 4 is 5.91 Å². The van der Waals surface area contributed by atoms with Crippen molar-refractivity contribution in [3.8, 4) is 0 Å². The summed E-state index contributed by atoms with van der Waals surface area (Å²) in [6, 6.07) is 0. The van der Waals surface area contributed by atoms with Gasteiger partial charge in [-0.15, -0.1) is 0 Å². The van der Waals surface area contributed by atoms with Crippen molar-refractivity contribution in [2.24, 2.45) is 11.3 Å². The van der Waals surface area contributed by atoms with Crippen LogP contribution in [0, 0.1) is 11.3 Å². The van der Waals surface area contributed by atoms with Crippen LogP contribution in [0.3, 0.4) is 0 Å². The zero-order valence-electron chi connectivity index (χ0n) is 11.9. The van der Waals surface area contributed by atoms with E-state index >= 15 is 0 Å². The molecule has 0 aromatic heterocycles. The molecule has 1 aliphatic heterocycles. The molecule has 1 saturated heterocycles. The molecule has 17 heavy (non-hydrogen) atoms. The lowest BCUT2D eigenvalue weighted by Crippen LogP contribution is -2.48. The van der Waals surface area contributed by atoms with E-state index in [9.17, 15) is 4.79 Å². The monoisotopic (exact) mass is 241 g/mol. The first-order chi connectivity index (χ1) is 7.70. The molecule has 100 valence electrons. The average Bonchev–Trinajstić information content (AvgIpc) is 2.14. The summed E-state index contributed by atoms with van der Waals surface area (Å²) in [7, 11) is 0. The Kier molecular flexibility index (Phi) is 4.59. The first-order valence-corrected chi connectivity index (χ1v) is 6.59. The molecule has 3 nitrogen and oxygen atoms in total. The van der Waals surface area contributed by atoms with Crippen molar-refractivity contribution in [3.05, 3.63) is 0 Å². The second kappa shape index (κ2) is 5.38. The van der Waals surface area contributed by atoms with Crippen LogP contribution >= 0.6 is 0 Å². The zero-order chi connectivity index (χ0) is 13.1. The van der Waals surface area contributed by atoms with Gasteiger partial charge in [0.25, 0.3) is 0 Å². The van der Waals surface area contributed by atoms with E-state index in [1.54, 1.807) is 0 Å². The van der Waals surface area contributed by atoms with Gasteiger partial charge in [0.15, 0.2) is 0 Å². The van der Waals surface area contributed by atoms with Crippen LogP contribution in [0.15, 0.2) is 0 Å². The quantitative estimate of drug-likeness (QED) is 0.825. The smallest absolute Gasteiger partial charge is 0.223 e. The van der Waals surface area contributed by atoms with Crippen molar-refractivity contribution in [2.75, 3.05) is 13.2 Å². The van der Waals surface area contributed by atoms with E-state index < -0.39 is 0 Å². The minimum atomic E-state index is -0.131. The van der Waals surface area contributed by atoms with Gasteiger partial charge in [0.05, 0.1) is 0 Å². The summed E-state index contributed by atoms with van der Waals surface area (Å²) in [6.07, 6.45) is 2.70. The average molecular weight is 241 g/mol. The summed E-state index contributed by atoms with van der Waals surface area (Å²) < 4.78 is 5.28. The molecular weight excluding hydrogens is 214 g/mol. The molecule has 1 N–H and O–H groups in total. The van der Waals surface area contributed by atoms with E-state index in [0.717, 1.165) is 32.5 Å². The number of carbonyl (C=O) groups excluding carboxylic acids is 1. The highest BCUT2D eigenvalue weighted by Crippen LogP contribution is 2.27. The third-order valence-corrected chi connectivity index (χ3v) is 3.03. The molecule has 0 bridgehead atoms. The van der Waals surface area contributed by atoms with Gasteiger partial charge in [-0.1, -0.05) is 20.8 Å². The molecule has 0 radical (unpaired) electrons. The van der Waals surface area contributed by atoms with E-state index in [1.807, 2.05) is 0 Å². The summed E-state index contributed by atoms with van der Waals surface area (Å²) >= 11 is 0. The molecular formula is C14H27NO2. The number of hydrogen-bond acceptors (Lipinski definition) is 2. The van der Waals surface area contributed by atoms with Crippen LogP contribution in [0.1, 0.15) is 53.9 Å². The molecule has 1 amide bonds. The van der Waals surface area contributed by atoms with Gasteiger partial charge < -0.3 is 10.1 Å². The molecule has 1 heterocycles. The van der Waals surface area contributed by atoms with Crippen LogP contribution in [0.25, 0.3) is 0 Å². The van der Waals surface area contributed by atoms with Gasteiger partial charge in [-0.2, -0.15) is 0 Å². The Bertz CT molecular complexity index is 260. The molecule has 1 fully saturated rings. The fourth-order valence-electron chi connectivity index (χ4n) is 2.77. The van der Waals surface area contributed by atoms with E-state index in [2.05, 4.69) is 39.9 Å². The van der Waals surface area contributed by atoms with Crippen molar-refractivity contribution in [1.82, 2.24) is 5.32 Å². The molecule has 0 unspecified atom stereocenters. The standard InChI is InChI=1S/C14H27NO2/c1-13(2,3)10-14(4,5)15-12(16)11-6-8-17-9-7-11/h11H,6-10H2,1-5H3,(H,15,16). The predicted molar refractivity (Wildman–Crippen MR) is 69.8 cm³/mol. The maximum atomic E-state index is 12.1. The largest absolute Gasteiger partial charge is 0.381 e. The molecule has 0 aromatic carbocycles. The van der Waals surface area contributed by atoms with Gasteiger partial charge >= 0.3 is 0 Å². The Labute approximate surface area is 105 Å². The summed E-state index contributed by atoms with van der Waals surface area (Å²) in [5.74, 6) is 0.338. The molecule has 0 saturated carbocycles. The number of amides is 1. The van der Waals surface area contributed by atoms with Gasteiger partial charge in [0, 0.05) is 24.7 Å². The van der Waals surface area contributed by atoms with Gasteiger partial charge in [-0.25, -0.2) is 0 Å². The van der Waals surface area contributed by atoms with Crippen LogP contribution < -0.4 is 5.32 Å². The van der Waals surface area contributed by atoms with Crippen LogP contribution in [0.5, 0.6) is 0 Å². The second-order valence-electron chi connectivity index (χ2n) is 7.00.